The normalized spacial score (nSPS) is 15.4. The van der Waals surface area contributed by atoms with Crippen LogP contribution in [0.3, 0.4) is 0 Å². The molecule has 0 aliphatic carbocycles. The molecule has 6 heteroatoms. The first-order chi connectivity index (χ1) is 13.4. The molecule has 142 valence electrons. The molecule has 4 rings (SSSR count). The van der Waals surface area contributed by atoms with E-state index in [1.165, 1.54) is 4.90 Å². The summed E-state index contributed by atoms with van der Waals surface area (Å²) in [5.41, 5.74) is 3.51. The predicted octanol–water partition coefficient (Wildman–Crippen LogP) is 4.64. The van der Waals surface area contributed by atoms with Crippen molar-refractivity contribution in [2.24, 2.45) is 0 Å². The van der Waals surface area contributed by atoms with E-state index in [2.05, 4.69) is 0 Å². The van der Waals surface area contributed by atoms with E-state index in [1.807, 2.05) is 37.3 Å². The van der Waals surface area contributed by atoms with Gasteiger partial charge in [-0.15, -0.1) is 0 Å². The molecule has 0 saturated heterocycles. The second-order valence-electron chi connectivity index (χ2n) is 6.88. The number of rotatable bonds is 3. The van der Waals surface area contributed by atoms with E-state index in [-0.39, 0.29) is 11.4 Å². The summed E-state index contributed by atoms with van der Waals surface area (Å²) >= 11 is 0. The molecule has 0 spiro atoms. The summed E-state index contributed by atoms with van der Waals surface area (Å²) in [6, 6.07) is 20.9. The van der Waals surface area contributed by atoms with Crippen LogP contribution < -0.4 is 9.21 Å². The minimum Gasteiger partial charge on any atom is -0.287 e. The van der Waals surface area contributed by atoms with Gasteiger partial charge >= 0.3 is 6.03 Å². The molecule has 0 saturated carbocycles. The van der Waals surface area contributed by atoms with E-state index in [9.17, 15) is 13.2 Å². The van der Waals surface area contributed by atoms with Gasteiger partial charge in [0.05, 0.1) is 17.9 Å². The number of hydrogen-bond donors (Lipinski definition) is 0. The third-order valence-corrected chi connectivity index (χ3v) is 6.57. The molecule has 1 heterocycles. The minimum atomic E-state index is -4.00. The van der Waals surface area contributed by atoms with E-state index >= 15 is 0 Å². The van der Waals surface area contributed by atoms with Crippen LogP contribution in [0.25, 0.3) is 0 Å². The quantitative estimate of drug-likeness (QED) is 0.652. The van der Waals surface area contributed by atoms with Gasteiger partial charge in [-0.3, -0.25) is 4.90 Å². The molecule has 0 aromatic heterocycles. The molecule has 0 radical (unpaired) electrons. The molecule has 0 unspecified atom stereocenters. The fourth-order valence-electron chi connectivity index (χ4n) is 3.48. The van der Waals surface area contributed by atoms with Gasteiger partial charge in [0.2, 0.25) is 0 Å². The molecule has 3 aromatic carbocycles. The molecular formula is C22H20N2O3S. The molecule has 0 atom stereocenters. The maximum absolute atomic E-state index is 13.4. The van der Waals surface area contributed by atoms with Gasteiger partial charge in [-0.25, -0.2) is 13.2 Å². The molecule has 28 heavy (non-hydrogen) atoms. The zero-order valence-corrected chi connectivity index (χ0v) is 16.5. The van der Waals surface area contributed by atoms with Crippen molar-refractivity contribution in [1.29, 1.82) is 0 Å². The smallest absolute Gasteiger partial charge is 0.287 e. The Morgan fingerprint density at radius 1 is 0.821 bits per heavy atom. The van der Waals surface area contributed by atoms with E-state index in [0.29, 0.717) is 16.9 Å². The zero-order chi connectivity index (χ0) is 19.9. The number of hydrogen-bond acceptors (Lipinski definition) is 3. The van der Waals surface area contributed by atoms with Gasteiger partial charge in [-0.1, -0.05) is 60.2 Å². The molecule has 0 N–H and O–H groups in total. The first-order valence-electron chi connectivity index (χ1n) is 8.96. The van der Waals surface area contributed by atoms with Gasteiger partial charge in [0.15, 0.2) is 0 Å². The predicted molar refractivity (Wildman–Crippen MR) is 110 cm³/mol. The van der Waals surface area contributed by atoms with Crippen molar-refractivity contribution in [3.63, 3.8) is 0 Å². The van der Waals surface area contributed by atoms with E-state index in [1.54, 1.807) is 49.4 Å². The Kier molecular flexibility index (Phi) is 4.43. The standard InChI is InChI=1S/C22H20N2O3S/c1-16-8-7-10-18(14-16)15-23-20-12-5-6-13-21(20)28(26,27)24(22(23)25)19-11-4-3-9-17(19)2/h3-14H,15H2,1-2H3. The summed E-state index contributed by atoms with van der Waals surface area (Å²) in [6.07, 6.45) is 0. The number of nitrogens with zero attached hydrogens (tertiary/aromatic N) is 2. The van der Waals surface area contributed by atoms with Gasteiger partial charge < -0.3 is 0 Å². The number of anilines is 2. The SMILES string of the molecule is Cc1cccc(CN2C(=O)N(c3ccccc3C)S(=O)(=O)c3ccccc32)c1. The first kappa shape index (κ1) is 18.3. The van der Waals surface area contributed by atoms with Crippen molar-refractivity contribution in [2.75, 3.05) is 9.21 Å². The topological polar surface area (TPSA) is 57.7 Å². The number of amides is 2. The lowest BCUT2D eigenvalue weighted by Crippen LogP contribution is -2.51. The second-order valence-corrected chi connectivity index (χ2v) is 8.64. The zero-order valence-electron chi connectivity index (χ0n) is 15.7. The van der Waals surface area contributed by atoms with Crippen LogP contribution in [-0.2, 0) is 16.6 Å². The number of carbonyl (C=O) groups is 1. The number of sulfonamides is 1. The van der Waals surface area contributed by atoms with Gasteiger partial charge in [0.25, 0.3) is 10.0 Å². The van der Waals surface area contributed by atoms with Crippen LogP contribution in [0.1, 0.15) is 16.7 Å². The average molecular weight is 392 g/mol. The lowest BCUT2D eigenvalue weighted by molar-refractivity contribution is 0.253. The molecule has 1 aliphatic heterocycles. The summed E-state index contributed by atoms with van der Waals surface area (Å²) < 4.78 is 27.5. The van der Waals surface area contributed by atoms with Crippen LogP contribution in [0.2, 0.25) is 0 Å². The van der Waals surface area contributed by atoms with Crippen LogP contribution in [0, 0.1) is 13.8 Å². The van der Waals surface area contributed by atoms with Crippen LogP contribution in [0.15, 0.2) is 77.7 Å². The highest BCUT2D eigenvalue weighted by Crippen LogP contribution is 2.38. The maximum atomic E-state index is 13.4. The van der Waals surface area contributed by atoms with Crippen molar-refractivity contribution in [3.8, 4) is 0 Å². The molecule has 5 nitrogen and oxygen atoms in total. The Balaban J connectivity index is 1.89. The summed E-state index contributed by atoms with van der Waals surface area (Å²) in [5, 5.41) is 0. The van der Waals surface area contributed by atoms with E-state index in [0.717, 1.165) is 15.4 Å². The van der Waals surface area contributed by atoms with Crippen molar-refractivity contribution in [2.45, 2.75) is 25.3 Å². The van der Waals surface area contributed by atoms with Gasteiger partial charge in [-0.05, 0) is 43.2 Å². The number of fused-ring (bicyclic) bond motifs is 1. The summed E-state index contributed by atoms with van der Waals surface area (Å²) in [7, 11) is -4.00. The number of benzene rings is 3. The fraction of sp³-hybridized carbons (Fsp3) is 0.136. The molecule has 0 bridgehead atoms. The van der Waals surface area contributed by atoms with Gasteiger partial charge in [0, 0.05) is 0 Å². The number of carbonyl (C=O) groups excluding carboxylic acids is 1. The molecular weight excluding hydrogens is 372 g/mol. The summed E-state index contributed by atoms with van der Waals surface area (Å²) in [4.78, 5) is 15.1. The van der Waals surface area contributed by atoms with Crippen molar-refractivity contribution in [3.05, 3.63) is 89.5 Å². The van der Waals surface area contributed by atoms with Crippen LogP contribution >= 0.6 is 0 Å². The Morgan fingerprint density at radius 2 is 1.50 bits per heavy atom. The van der Waals surface area contributed by atoms with Crippen molar-refractivity contribution in [1.82, 2.24) is 0 Å². The maximum Gasteiger partial charge on any atom is 0.343 e. The average Bonchev–Trinajstić information content (AvgIpc) is 2.67. The van der Waals surface area contributed by atoms with Crippen LogP contribution in [-0.4, -0.2) is 14.4 Å². The Bertz CT molecular complexity index is 1170. The second kappa shape index (κ2) is 6.80. The fourth-order valence-corrected chi connectivity index (χ4v) is 5.14. The van der Waals surface area contributed by atoms with Crippen molar-refractivity contribution < 1.29 is 13.2 Å². The number of urea groups is 1. The molecule has 3 aromatic rings. The highest BCUT2D eigenvalue weighted by atomic mass is 32.2. The Hall–Kier alpha value is -3.12. The largest absolute Gasteiger partial charge is 0.343 e. The Morgan fingerprint density at radius 3 is 2.21 bits per heavy atom. The van der Waals surface area contributed by atoms with Crippen LogP contribution in [0.4, 0.5) is 16.2 Å². The summed E-state index contributed by atoms with van der Waals surface area (Å²) in [6.45, 7) is 4.07. The third-order valence-electron chi connectivity index (χ3n) is 4.84. The van der Waals surface area contributed by atoms with Gasteiger partial charge in [0.1, 0.15) is 4.90 Å². The lowest BCUT2D eigenvalue weighted by Gasteiger charge is -2.36. The third kappa shape index (κ3) is 2.96. The Labute approximate surface area is 164 Å². The summed E-state index contributed by atoms with van der Waals surface area (Å²) in [5.74, 6) is 0. The van der Waals surface area contributed by atoms with Gasteiger partial charge in [-0.2, -0.15) is 4.31 Å². The number of aryl methyl sites for hydroxylation is 2. The monoisotopic (exact) mass is 392 g/mol. The lowest BCUT2D eigenvalue weighted by atomic mass is 10.1. The minimum absolute atomic E-state index is 0.130. The first-order valence-corrected chi connectivity index (χ1v) is 10.4. The van der Waals surface area contributed by atoms with Crippen LogP contribution in [0.5, 0.6) is 0 Å². The highest BCUT2D eigenvalue weighted by Gasteiger charge is 2.42. The van der Waals surface area contributed by atoms with E-state index in [4.69, 9.17) is 0 Å². The molecule has 2 amide bonds. The molecule has 1 aliphatic rings. The van der Waals surface area contributed by atoms with Crippen molar-refractivity contribution >= 4 is 27.4 Å². The molecule has 0 fully saturated rings. The van der Waals surface area contributed by atoms with E-state index < -0.39 is 16.1 Å². The highest BCUT2D eigenvalue weighted by molar-refractivity contribution is 7.94. The number of para-hydroxylation sites is 2.